The molecule has 1 rings (SSSR count). The van der Waals surface area contributed by atoms with Crippen LogP contribution in [-0.2, 0) is 12.8 Å². The molecule has 0 nitrogen and oxygen atoms in total. The van der Waals surface area contributed by atoms with Gasteiger partial charge in [-0.15, -0.1) is 11.3 Å². The molecular weight excluding hydrogens is 248 g/mol. The number of hydrogen-bond acceptors (Lipinski definition) is 1. The Kier molecular flexibility index (Phi) is 7.75. The van der Waals surface area contributed by atoms with Gasteiger partial charge in [0.2, 0.25) is 0 Å². The van der Waals surface area contributed by atoms with Gasteiger partial charge in [0.15, 0.2) is 0 Å². The molecule has 1 heterocycles. The van der Waals surface area contributed by atoms with E-state index < -0.39 is 0 Å². The fourth-order valence-corrected chi connectivity index (χ4v) is 4.13. The summed E-state index contributed by atoms with van der Waals surface area (Å²) >= 11 is 2.01. The Hall–Kier alpha value is -0.300. The van der Waals surface area contributed by atoms with Crippen LogP contribution in [0.5, 0.6) is 0 Å². The molecule has 19 heavy (non-hydrogen) atoms. The highest BCUT2D eigenvalue weighted by Crippen LogP contribution is 2.31. The van der Waals surface area contributed by atoms with E-state index in [4.69, 9.17) is 0 Å². The Bertz CT molecular complexity index is 362. The molecule has 0 saturated heterocycles. The second-order valence-electron chi connectivity index (χ2n) is 6.08. The van der Waals surface area contributed by atoms with Crippen molar-refractivity contribution in [2.24, 2.45) is 5.92 Å². The van der Waals surface area contributed by atoms with Gasteiger partial charge in [-0.1, -0.05) is 59.3 Å². The highest BCUT2D eigenvalue weighted by Gasteiger charge is 2.14. The van der Waals surface area contributed by atoms with E-state index in [0.29, 0.717) is 0 Å². The van der Waals surface area contributed by atoms with Gasteiger partial charge in [0.1, 0.15) is 0 Å². The molecule has 1 atom stereocenters. The molecule has 1 unspecified atom stereocenters. The van der Waals surface area contributed by atoms with Gasteiger partial charge >= 0.3 is 0 Å². The van der Waals surface area contributed by atoms with E-state index in [2.05, 4.69) is 34.6 Å². The molecule has 0 radical (unpaired) electrons. The van der Waals surface area contributed by atoms with Crippen molar-refractivity contribution in [1.29, 1.82) is 0 Å². The van der Waals surface area contributed by atoms with Crippen molar-refractivity contribution in [3.8, 4) is 0 Å². The van der Waals surface area contributed by atoms with Gasteiger partial charge in [0.05, 0.1) is 0 Å². The molecule has 110 valence electrons. The van der Waals surface area contributed by atoms with Gasteiger partial charge in [-0.05, 0) is 43.7 Å². The molecule has 0 spiro atoms. The molecule has 0 bridgehead atoms. The largest absolute Gasteiger partial charge is 0.145 e. The monoisotopic (exact) mass is 280 g/mol. The molecule has 0 N–H and O–H groups in total. The summed E-state index contributed by atoms with van der Waals surface area (Å²) in [5.74, 6) is 0.847. The normalized spacial score (nSPS) is 12.9. The molecule has 0 fully saturated rings. The molecular formula is C18H32S. The summed E-state index contributed by atoms with van der Waals surface area (Å²) < 4.78 is 0. The van der Waals surface area contributed by atoms with Gasteiger partial charge in [0, 0.05) is 9.75 Å². The third kappa shape index (κ3) is 5.30. The zero-order valence-corrected chi connectivity index (χ0v) is 14.5. The van der Waals surface area contributed by atoms with Crippen LogP contribution in [0.3, 0.4) is 0 Å². The third-order valence-electron chi connectivity index (χ3n) is 4.12. The lowest BCUT2D eigenvalue weighted by Gasteiger charge is -2.13. The molecule has 1 aromatic rings. The Morgan fingerprint density at radius 1 is 0.895 bits per heavy atom. The summed E-state index contributed by atoms with van der Waals surface area (Å²) in [5, 5.41) is 0. The molecule has 0 aliphatic carbocycles. The summed E-state index contributed by atoms with van der Waals surface area (Å²) in [4.78, 5) is 3.13. The summed E-state index contributed by atoms with van der Waals surface area (Å²) in [6.07, 6.45) is 10.8. The molecule has 0 amide bonds. The second kappa shape index (κ2) is 8.79. The molecule has 1 aromatic heterocycles. The van der Waals surface area contributed by atoms with Gasteiger partial charge in [-0.25, -0.2) is 0 Å². The number of aryl methyl sites for hydroxylation is 2. The number of rotatable bonds is 9. The first kappa shape index (κ1) is 16.8. The van der Waals surface area contributed by atoms with Crippen LogP contribution in [0, 0.1) is 19.8 Å². The van der Waals surface area contributed by atoms with Crippen LogP contribution in [-0.4, -0.2) is 0 Å². The Morgan fingerprint density at radius 3 is 2.21 bits per heavy atom. The quantitative estimate of drug-likeness (QED) is 0.455. The number of thiophene rings is 1. The van der Waals surface area contributed by atoms with Crippen molar-refractivity contribution in [2.45, 2.75) is 86.0 Å². The minimum absolute atomic E-state index is 0.847. The van der Waals surface area contributed by atoms with Gasteiger partial charge in [-0.2, -0.15) is 0 Å². The van der Waals surface area contributed by atoms with E-state index in [1.165, 1.54) is 51.4 Å². The Morgan fingerprint density at radius 2 is 1.58 bits per heavy atom. The molecule has 0 aliphatic rings. The smallest absolute Gasteiger partial charge is 0.00519 e. The number of unbranched alkanes of at least 4 members (excludes halogenated alkanes) is 3. The first-order chi connectivity index (χ1) is 9.10. The standard InChI is InChI=1S/C18H32S/c1-6-8-9-10-12-14(3)13-18-16(5)19-15(4)17(18)11-7-2/h14H,6-13H2,1-5H3. The van der Waals surface area contributed by atoms with Crippen molar-refractivity contribution in [1.82, 2.24) is 0 Å². The van der Waals surface area contributed by atoms with E-state index in [1.807, 2.05) is 11.3 Å². The van der Waals surface area contributed by atoms with Crippen LogP contribution in [0.25, 0.3) is 0 Å². The molecule has 1 heteroatoms. The minimum atomic E-state index is 0.847. The summed E-state index contributed by atoms with van der Waals surface area (Å²) in [5.41, 5.74) is 3.36. The first-order valence-corrected chi connectivity index (χ1v) is 8.99. The van der Waals surface area contributed by atoms with Crippen molar-refractivity contribution in [2.75, 3.05) is 0 Å². The predicted octanol–water partition coefficient (Wildman–Crippen LogP) is 6.47. The summed E-state index contributed by atoms with van der Waals surface area (Å²) in [7, 11) is 0. The van der Waals surface area contributed by atoms with E-state index >= 15 is 0 Å². The van der Waals surface area contributed by atoms with E-state index in [0.717, 1.165) is 5.92 Å². The van der Waals surface area contributed by atoms with E-state index in [1.54, 1.807) is 20.9 Å². The summed E-state index contributed by atoms with van der Waals surface area (Å²) in [6.45, 7) is 11.6. The Labute approximate surface area is 124 Å². The van der Waals surface area contributed by atoms with Crippen LogP contribution < -0.4 is 0 Å². The fraction of sp³-hybridized carbons (Fsp3) is 0.778. The van der Waals surface area contributed by atoms with Crippen LogP contribution in [0.1, 0.15) is 80.2 Å². The van der Waals surface area contributed by atoms with Crippen molar-refractivity contribution in [3.63, 3.8) is 0 Å². The van der Waals surface area contributed by atoms with E-state index in [9.17, 15) is 0 Å². The maximum Gasteiger partial charge on any atom is 0.00519 e. The van der Waals surface area contributed by atoms with Gasteiger partial charge < -0.3 is 0 Å². The van der Waals surface area contributed by atoms with E-state index in [-0.39, 0.29) is 0 Å². The lowest BCUT2D eigenvalue weighted by Crippen LogP contribution is -2.03. The zero-order chi connectivity index (χ0) is 14.3. The van der Waals surface area contributed by atoms with Gasteiger partial charge in [-0.3, -0.25) is 0 Å². The SMILES string of the molecule is CCCCCCC(C)Cc1c(C)sc(C)c1CCC. The van der Waals surface area contributed by atoms with Crippen LogP contribution in [0.15, 0.2) is 0 Å². The maximum absolute atomic E-state index is 2.44. The Balaban J connectivity index is 2.55. The van der Waals surface area contributed by atoms with Crippen LogP contribution in [0.4, 0.5) is 0 Å². The fourth-order valence-electron chi connectivity index (χ4n) is 2.99. The average Bonchev–Trinajstić information content (AvgIpc) is 2.62. The highest BCUT2D eigenvalue weighted by atomic mass is 32.1. The maximum atomic E-state index is 2.44. The van der Waals surface area contributed by atoms with Crippen molar-refractivity contribution < 1.29 is 0 Å². The lowest BCUT2D eigenvalue weighted by atomic mass is 9.92. The topological polar surface area (TPSA) is 0 Å². The third-order valence-corrected chi connectivity index (χ3v) is 5.23. The molecule has 0 aromatic carbocycles. The number of hydrogen-bond donors (Lipinski definition) is 0. The molecule has 0 aliphatic heterocycles. The summed E-state index contributed by atoms with van der Waals surface area (Å²) in [6, 6.07) is 0. The molecule has 0 saturated carbocycles. The van der Waals surface area contributed by atoms with Crippen LogP contribution >= 0.6 is 11.3 Å². The zero-order valence-electron chi connectivity index (χ0n) is 13.6. The van der Waals surface area contributed by atoms with Crippen molar-refractivity contribution in [3.05, 3.63) is 20.9 Å². The first-order valence-electron chi connectivity index (χ1n) is 8.17. The van der Waals surface area contributed by atoms with Crippen LogP contribution in [0.2, 0.25) is 0 Å². The van der Waals surface area contributed by atoms with Crippen molar-refractivity contribution >= 4 is 11.3 Å². The highest BCUT2D eigenvalue weighted by molar-refractivity contribution is 7.12. The minimum Gasteiger partial charge on any atom is -0.145 e. The predicted molar refractivity (Wildman–Crippen MR) is 89.4 cm³/mol. The van der Waals surface area contributed by atoms with Gasteiger partial charge in [0.25, 0.3) is 0 Å². The second-order valence-corrected chi connectivity index (χ2v) is 7.51. The average molecular weight is 281 g/mol. The lowest BCUT2D eigenvalue weighted by molar-refractivity contribution is 0.485.